The molecule has 24 heavy (non-hydrogen) atoms. The van der Waals surface area contributed by atoms with E-state index in [1.165, 1.54) is 0 Å². The topological polar surface area (TPSA) is 99.7 Å². The molecule has 0 radical (unpaired) electrons. The van der Waals surface area contributed by atoms with E-state index in [1.807, 2.05) is 116 Å². The van der Waals surface area contributed by atoms with Crippen LogP contribution in [0, 0.1) is 0 Å². The van der Waals surface area contributed by atoms with Gasteiger partial charge in [-0.05, 0) is 0 Å². The van der Waals surface area contributed by atoms with Crippen LogP contribution in [0.2, 0.25) is 0 Å². The monoisotopic (exact) mass is 750 g/mol. The van der Waals surface area contributed by atoms with Crippen LogP contribution in [-0.4, -0.2) is 84.6 Å². The van der Waals surface area contributed by atoms with Gasteiger partial charge >= 0.3 is 0 Å². The molecule has 0 aliphatic carbocycles. The first-order valence-corrected chi connectivity index (χ1v) is 6.93. The standard InChI is InChI=1S/6C2H7N.6BrH/c6*1-3-2;;;;;;/h6*3H,1-2H3;6*1H. The van der Waals surface area contributed by atoms with Crippen molar-refractivity contribution in [2.75, 3.05) is 84.6 Å². The van der Waals surface area contributed by atoms with Crippen LogP contribution in [0.3, 0.4) is 0 Å². The van der Waals surface area contributed by atoms with Crippen LogP contribution in [-0.2, 0) is 0 Å². The van der Waals surface area contributed by atoms with Gasteiger partial charge in [-0.25, -0.2) is 0 Å². The van der Waals surface area contributed by atoms with Crippen molar-refractivity contribution in [1.29, 1.82) is 0 Å². The largest absolute Gasteiger partial charge is 1.00 e. The molecule has 0 saturated carbocycles. The Hall–Kier alpha value is 2.64. The summed E-state index contributed by atoms with van der Waals surface area (Å²) in [7, 11) is 24.0. The van der Waals surface area contributed by atoms with E-state index in [2.05, 4.69) is 0 Å². The van der Waals surface area contributed by atoms with Crippen LogP contribution in [0.25, 0.3) is 0 Å². The zero-order valence-electron chi connectivity index (χ0n) is 17.7. The van der Waals surface area contributed by atoms with Crippen molar-refractivity contribution in [3.8, 4) is 0 Å². The van der Waals surface area contributed by atoms with E-state index in [0.717, 1.165) is 0 Å². The minimum absolute atomic E-state index is 0. The number of hydrogen-bond acceptors (Lipinski definition) is 0. The second-order valence-corrected chi connectivity index (χ2v) is 3.46. The Labute approximate surface area is 216 Å². The lowest BCUT2D eigenvalue weighted by molar-refractivity contribution is -0.597. The van der Waals surface area contributed by atoms with Crippen LogP contribution in [0.4, 0.5) is 0 Å². The van der Waals surface area contributed by atoms with Crippen molar-refractivity contribution in [2.45, 2.75) is 0 Å². The maximum atomic E-state index is 2.00. The SMILES string of the molecule is C[NH2+]C.C[NH2+]C.C[NH2+]C.C[NH2+]C.C[NH2+]C.C[NH2+]C.[Br-].[Br-].[Br-].[Br-].[Br-].[Br-]. The van der Waals surface area contributed by atoms with Gasteiger partial charge in [-0.1, -0.05) is 0 Å². The van der Waals surface area contributed by atoms with Crippen LogP contribution in [0.15, 0.2) is 0 Å². The molecule has 6 nitrogen and oxygen atoms in total. The summed E-state index contributed by atoms with van der Waals surface area (Å²) in [4.78, 5) is 0. The summed E-state index contributed by atoms with van der Waals surface area (Å²) < 4.78 is 0. The van der Waals surface area contributed by atoms with E-state index in [-0.39, 0.29) is 102 Å². The highest BCUT2D eigenvalue weighted by molar-refractivity contribution is 3.37. The first kappa shape index (κ1) is 81.7. The van der Waals surface area contributed by atoms with E-state index in [1.54, 1.807) is 0 Å². The molecule has 0 aliphatic heterocycles. The van der Waals surface area contributed by atoms with Crippen molar-refractivity contribution in [3.63, 3.8) is 0 Å². The summed E-state index contributed by atoms with van der Waals surface area (Å²) in [5.41, 5.74) is 0. The fourth-order valence-electron chi connectivity index (χ4n) is 0. The molecule has 0 aromatic heterocycles. The summed E-state index contributed by atoms with van der Waals surface area (Å²) in [6, 6.07) is 0. The van der Waals surface area contributed by atoms with E-state index >= 15 is 0 Å². The van der Waals surface area contributed by atoms with Gasteiger partial charge in [0.2, 0.25) is 0 Å². The molecule has 0 fully saturated rings. The molecule has 0 rings (SSSR count). The van der Waals surface area contributed by atoms with Gasteiger partial charge in [0.1, 0.15) is 0 Å². The summed E-state index contributed by atoms with van der Waals surface area (Å²) in [5, 5.41) is 12.0. The zero-order chi connectivity index (χ0) is 16.2. The van der Waals surface area contributed by atoms with Crippen LogP contribution >= 0.6 is 0 Å². The van der Waals surface area contributed by atoms with Crippen molar-refractivity contribution in [3.05, 3.63) is 0 Å². The van der Waals surface area contributed by atoms with Gasteiger partial charge in [-0.3, -0.25) is 0 Å². The fourth-order valence-corrected chi connectivity index (χ4v) is 0. The van der Waals surface area contributed by atoms with Gasteiger partial charge in [0.25, 0.3) is 0 Å². The summed E-state index contributed by atoms with van der Waals surface area (Å²) in [6.07, 6.45) is 0. The molecule has 0 spiro atoms. The molecule has 0 aromatic carbocycles. The Morgan fingerprint density at radius 1 is 0.208 bits per heavy atom. The molecule has 0 amide bonds. The second kappa shape index (κ2) is 209. The summed E-state index contributed by atoms with van der Waals surface area (Å²) in [5.74, 6) is 0. The van der Waals surface area contributed by atoms with Crippen LogP contribution < -0.4 is 134 Å². The molecule has 0 unspecified atom stereocenters. The predicted octanol–water partition coefficient (Wildman–Crippen LogP) is -25.1. The molecule has 12 heteroatoms. The molecule has 0 saturated heterocycles. The number of rotatable bonds is 0. The van der Waals surface area contributed by atoms with Crippen LogP contribution in [0.5, 0.6) is 0 Å². The molecular formula is C12H48Br6N6. The summed E-state index contributed by atoms with van der Waals surface area (Å²) >= 11 is 0. The number of nitrogens with two attached hydrogens (primary N) is 6. The molecule has 168 valence electrons. The van der Waals surface area contributed by atoms with Crippen molar-refractivity contribution in [1.82, 2.24) is 0 Å². The Kier molecular flexibility index (Phi) is 710. The van der Waals surface area contributed by atoms with Gasteiger partial charge in [0, 0.05) is 0 Å². The van der Waals surface area contributed by atoms with Gasteiger partial charge in [0.05, 0.1) is 84.6 Å². The normalized spacial score (nSPS) is 4.50. The molecule has 0 atom stereocenters. The molecule has 12 N–H and O–H groups in total. The van der Waals surface area contributed by atoms with Gasteiger partial charge in [-0.15, -0.1) is 0 Å². The molecule has 0 aliphatic rings. The smallest absolute Gasteiger partial charge is 0.0647 e. The maximum Gasteiger partial charge on any atom is 0.0647 e. The Morgan fingerprint density at radius 3 is 0.208 bits per heavy atom. The Morgan fingerprint density at radius 2 is 0.208 bits per heavy atom. The Bertz CT molecular complexity index is 51.5. The molecule has 0 aromatic rings. The minimum Gasteiger partial charge on any atom is -1.00 e. The quantitative estimate of drug-likeness (QED) is 0.142. The molecule has 0 heterocycles. The van der Waals surface area contributed by atoms with E-state index in [4.69, 9.17) is 0 Å². The highest BCUT2D eigenvalue weighted by Crippen LogP contribution is 0.601. The van der Waals surface area contributed by atoms with Gasteiger partial charge < -0.3 is 134 Å². The third-order valence-electron chi connectivity index (χ3n) is 0. The molecule has 0 bridgehead atoms. The third kappa shape index (κ3) is 1980. The van der Waals surface area contributed by atoms with Crippen molar-refractivity contribution >= 4 is 0 Å². The van der Waals surface area contributed by atoms with Crippen LogP contribution in [0.1, 0.15) is 0 Å². The first-order valence-electron chi connectivity index (χ1n) is 6.93. The minimum atomic E-state index is 0. The number of hydrogen-bond donors (Lipinski definition) is 6. The van der Waals surface area contributed by atoms with E-state index in [9.17, 15) is 0 Å². The van der Waals surface area contributed by atoms with Crippen molar-refractivity contribution in [2.24, 2.45) is 0 Å². The highest BCUT2D eigenvalue weighted by atomic mass is 79.9. The Balaban J connectivity index is -0.00000000686. The average molecular weight is 756 g/mol. The lowest BCUT2D eigenvalue weighted by atomic mass is 11.3. The highest BCUT2D eigenvalue weighted by Gasteiger charge is 1.30. The lowest BCUT2D eigenvalue weighted by Crippen LogP contribution is -3.00. The molecular weight excluding hydrogens is 708 g/mol. The average Bonchev–Trinajstić information content (AvgIpc) is 2.23. The third-order valence-corrected chi connectivity index (χ3v) is 0. The lowest BCUT2D eigenvalue weighted by Gasteiger charge is -1.57. The maximum absolute atomic E-state index is 2.00. The van der Waals surface area contributed by atoms with Gasteiger partial charge in [-0.2, -0.15) is 0 Å². The zero-order valence-corrected chi connectivity index (χ0v) is 27.2. The number of quaternary nitrogens is 6. The van der Waals surface area contributed by atoms with E-state index in [0.29, 0.717) is 0 Å². The van der Waals surface area contributed by atoms with E-state index < -0.39 is 0 Å². The second-order valence-electron chi connectivity index (χ2n) is 3.46. The van der Waals surface area contributed by atoms with Crippen molar-refractivity contribution < 1.29 is 134 Å². The fraction of sp³-hybridized carbons (Fsp3) is 1.00. The number of halogens is 6. The summed E-state index contributed by atoms with van der Waals surface area (Å²) in [6.45, 7) is 0. The van der Waals surface area contributed by atoms with Gasteiger partial charge in [0.15, 0.2) is 0 Å². The first-order chi connectivity index (χ1) is 8.49. The predicted molar refractivity (Wildman–Crippen MR) is 82.6 cm³/mol.